The Morgan fingerprint density at radius 1 is 1.21 bits per heavy atom. The van der Waals surface area contributed by atoms with Crippen molar-refractivity contribution in [3.63, 3.8) is 0 Å². The summed E-state index contributed by atoms with van der Waals surface area (Å²) in [6, 6.07) is 13.2. The number of aliphatic hydroxyl groups is 1. The molecule has 1 aliphatic heterocycles. The molecule has 3 aromatic rings. The molecule has 4 rings (SSSR count). The molecule has 2 amide bonds. The summed E-state index contributed by atoms with van der Waals surface area (Å²) in [5, 5.41) is 14.0. The number of methoxy groups -OCH3 is 2. The van der Waals surface area contributed by atoms with Gasteiger partial charge >= 0.3 is 6.03 Å². The van der Waals surface area contributed by atoms with E-state index in [4.69, 9.17) is 9.47 Å². The lowest BCUT2D eigenvalue weighted by Crippen LogP contribution is -2.50. The standard InChI is InChI=1S/C22H25N3O4/c1-28-20-8-7-14(9-21(20)29-2)11-23-22(27)25-12-19-17(10-15(25)13-26)16-5-3-4-6-18(16)24-19/h3-9,15,24,26H,10-13H2,1-2H3,(H,23,27). The average Bonchev–Trinajstić information content (AvgIpc) is 3.13. The predicted molar refractivity (Wildman–Crippen MR) is 110 cm³/mol. The molecule has 7 heteroatoms. The van der Waals surface area contributed by atoms with Crippen molar-refractivity contribution in [1.29, 1.82) is 0 Å². The minimum atomic E-state index is -0.257. The van der Waals surface area contributed by atoms with Gasteiger partial charge in [0.15, 0.2) is 11.5 Å². The van der Waals surface area contributed by atoms with Gasteiger partial charge in [-0.1, -0.05) is 24.3 Å². The monoisotopic (exact) mass is 395 g/mol. The molecule has 0 aliphatic carbocycles. The second-order valence-corrected chi connectivity index (χ2v) is 7.14. The zero-order valence-corrected chi connectivity index (χ0v) is 16.6. The van der Waals surface area contributed by atoms with Gasteiger partial charge < -0.3 is 29.8 Å². The van der Waals surface area contributed by atoms with Gasteiger partial charge in [0, 0.05) is 23.1 Å². The van der Waals surface area contributed by atoms with Crippen molar-refractivity contribution in [1.82, 2.24) is 15.2 Å². The molecule has 0 saturated carbocycles. The van der Waals surface area contributed by atoms with Crippen LogP contribution in [0.4, 0.5) is 4.79 Å². The summed E-state index contributed by atoms with van der Waals surface area (Å²) in [5.74, 6) is 1.26. The van der Waals surface area contributed by atoms with Crippen molar-refractivity contribution in [2.75, 3.05) is 20.8 Å². The number of carbonyl (C=O) groups excluding carboxylic acids is 1. The molecule has 1 aliphatic rings. The molecule has 1 unspecified atom stereocenters. The normalized spacial score (nSPS) is 15.8. The fraction of sp³-hybridized carbons (Fsp3) is 0.318. The molecule has 0 saturated heterocycles. The smallest absolute Gasteiger partial charge is 0.318 e. The number of hydrogen-bond acceptors (Lipinski definition) is 4. The summed E-state index contributed by atoms with van der Waals surface area (Å²) >= 11 is 0. The number of amides is 2. The number of H-pyrrole nitrogens is 1. The van der Waals surface area contributed by atoms with Crippen molar-refractivity contribution in [2.45, 2.75) is 25.6 Å². The van der Waals surface area contributed by atoms with Crippen LogP contribution < -0.4 is 14.8 Å². The SMILES string of the molecule is COc1ccc(CNC(=O)N2Cc3[nH]c4ccccc4c3CC2CO)cc1OC. The molecule has 2 aromatic carbocycles. The van der Waals surface area contributed by atoms with E-state index < -0.39 is 0 Å². The zero-order chi connectivity index (χ0) is 20.4. The summed E-state index contributed by atoms with van der Waals surface area (Å²) < 4.78 is 10.6. The van der Waals surface area contributed by atoms with Gasteiger partial charge in [-0.3, -0.25) is 0 Å². The fourth-order valence-electron chi connectivity index (χ4n) is 3.94. The number of rotatable bonds is 5. The molecule has 29 heavy (non-hydrogen) atoms. The first kappa shape index (κ1) is 19.1. The van der Waals surface area contributed by atoms with Crippen molar-refractivity contribution < 1.29 is 19.4 Å². The zero-order valence-electron chi connectivity index (χ0n) is 16.6. The van der Waals surface area contributed by atoms with E-state index in [0.29, 0.717) is 31.0 Å². The van der Waals surface area contributed by atoms with Gasteiger partial charge in [-0.15, -0.1) is 0 Å². The molecular weight excluding hydrogens is 370 g/mol. The largest absolute Gasteiger partial charge is 0.493 e. The van der Waals surface area contributed by atoms with Gasteiger partial charge in [-0.25, -0.2) is 4.79 Å². The van der Waals surface area contributed by atoms with Crippen molar-refractivity contribution in [3.8, 4) is 11.5 Å². The van der Waals surface area contributed by atoms with Crippen LogP contribution in [0.5, 0.6) is 11.5 Å². The Morgan fingerprint density at radius 3 is 2.76 bits per heavy atom. The highest BCUT2D eigenvalue weighted by atomic mass is 16.5. The number of benzene rings is 2. The molecular formula is C22H25N3O4. The Balaban J connectivity index is 1.49. The van der Waals surface area contributed by atoms with Crippen LogP contribution >= 0.6 is 0 Å². The summed E-state index contributed by atoms with van der Waals surface area (Å²) in [6.45, 7) is 0.711. The number of aromatic amines is 1. The third-order valence-electron chi connectivity index (χ3n) is 5.47. The van der Waals surface area contributed by atoms with E-state index in [1.54, 1.807) is 19.1 Å². The Kier molecular flexibility index (Phi) is 5.31. The van der Waals surface area contributed by atoms with Crippen LogP contribution in [-0.4, -0.2) is 47.9 Å². The number of nitrogens with zero attached hydrogens (tertiary/aromatic N) is 1. The maximum atomic E-state index is 12.9. The lowest BCUT2D eigenvalue weighted by Gasteiger charge is -2.34. The highest BCUT2D eigenvalue weighted by Gasteiger charge is 2.31. The number of aliphatic hydroxyl groups excluding tert-OH is 1. The minimum Gasteiger partial charge on any atom is -0.493 e. The number of fused-ring (bicyclic) bond motifs is 3. The second kappa shape index (κ2) is 8.05. The molecule has 1 aromatic heterocycles. The molecule has 0 radical (unpaired) electrons. The number of aromatic nitrogens is 1. The van der Waals surface area contributed by atoms with E-state index in [2.05, 4.69) is 16.4 Å². The van der Waals surface area contributed by atoms with Gasteiger partial charge in [0.1, 0.15) is 0 Å². The number of hydrogen-bond donors (Lipinski definition) is 3. The number of nitrogens with one attached hydrogen (secondary N) is 2. The maximum Gasteiger partial charge on any atom is 0.318 e. The summed E-state index contributed by atoms with van der Waals surface area (Å²) in [6.07, 6.45) is 0.625. The van der Waals surface area contributed by atoms with Gasteiger partial charge in [-0.05, 0) is 35.7 Å². The Morgan fingerprint density at radius 2 is 2.00 bits per heavy atom. The maximum absolute atomic E-state index is 12.9. The lowest BCUT2D eigenvalue weighted by molar-refractivity contribution is 0.120. The van der Waals surface area contributed by atoms with Crippen LogP contribution in [0, 0.1) is 0 Å². The molecule has 152 valence electrons. The van der Waals surface area contributed by atoms with Gasteiger partial charge in [0.05, 0.1) is 33.4 Å². The van der Waals surface area contributed by atoms with Crippen LogP contribution in [0.25, 0.3) is 10.9 Å². The van der Waals surface area contributed by atoms with Crippen molar-refractivity contribution >= 4 is 16.9 Å². The quantitative estimate of drug-likeness (QED) is 0.620. The predicted octanol–water partition coefficient (Wildman–Crippen LogP) is 2.81. The number of carbonyl (C=O) groups is 1. The summed E-state index contributed by atoms with van der Waals surface area (Å²) in [4.78, 5) is 18.0. The van der Waals surface area contributed by atoms with E-state index in [1.807, 2.05) is 36.4 Å². The van der Waals surface area contributed by atoms with Crippen LogP contribution in [-0.2, 0) is 19.5 Å². The minimum absolute atomic E-state index is 0.0806. The van der Waals surface area contributed by atoms with Gasteiger partial charge in [-0.2, -0.15) is 0 Å². The first-order chi connectivity index (χ1) is 14.1. The Labute approximate surface area is 169 Å². The first-order valence-electron chi connectivity index (χ1n) is 9.59. The van der Waals surface area contributed by atoms with E-state index in [1.165, 1.54) is 5.56 Å². The van der Waals surface area contributed by atoms with E-state index in [9.17, 15) is 9.90 Å². The van der Waals surface area contributed by atoms with Crippen LogP contribution in [0.1, 0.15) is 16.8 Å². The second-order valence-electron chi connectivity index (χ2n) is 7.14. The van der Waals surface area contributed by atoms with Crippen molar-refractivity contribution in [3.05, 3.63) is 59.3 Å². The lowest BCUT2D eigenvalue weighted by atomic mass is 9.97. The van der Waals surface area contributed by atoms with Gasteiger partial charge in [0.25, 0.3) is 0 Å². The third-order valence-corrected chi connectivity index (χ3v) is 5.47. The summed E-state index contributed by atoms with van der Waals surface area (Å²) in [5.41, 5.74) is 4.17. The number of para-hydroxylation sites is 1. The molecule has 2 heterocycles. The van der Waals surface area contributed by atoms with Crippen molar-refractivity contribution in [2.24, 2.45) is 0 Å². The van der Waals surface area contributed by atoms with E-state index in [0.717, 1.165) is 22.2 Å². The molecule has 0 bridgehead atoms. The van der Waals surface area contributed by atoms with E-state index in [-0.39, 0.29) is 18.7 Å². The molecule has 1 atom stereocenters. The Hall–Kier alpha value is -3.19. The first-order valence-corrected chi connectivity index (χ1v) is 9.59. The highest BCUT2D eigenvalue weighted by molar-refractivity contribution is 5.85. The molecule has 0 spiro atoms. The molecule has 3 N–H and O–H groups in total. The topological polar surface area (TPSA) is 86.8 Å². The molecule has 7 nitrogen and oxygen atoms in total. The van der Waals surface area contributed by atoms with Crippen LogP contribution in [0.3, 0.4) is 0 Å². The Bertz CT molecular complexity index is 1030. The van der Waals surface area contributed by atoms with E-state index >= 15 is 0 Å². The van der Waals surface area contributed by atoms with Crippen LogP contribution in [0.15, 0.2) is 42.5 Å². The third kappa shape index (κ3) is 3.61. The summed E-state index contributed by atoms with van der Waals surface area (Å²) in [7, 11) is 3.17. The number of urea groups is 1. The average molecular weight is 395 g/mol. The number of ether oxygens (including phenoxy) is 2. The van der Waals surface area contributed by atoms with Crippen LogP contribution in [0.2, 0.25) is 0 Å². The van der Waals surface area contributed by atoms with Gasteiger partial charge in [0.2, 0.25) is 0 Å². The highest BCUT2D eigenvalue weighted by Crippen LogP contribution is 2.30. The molecule has 0 fully saturated rings. The fourth-order valence-corrected chi connectivity index (χ4v) is 3.94.